The molecule has 9 heterocycles. The number of aliphatic hydroxyl groups is 3. The van der Waals surface area contributed by atoms with E-state index in [2.05, 4.69) is 43.5 Å². The van der Waals surface area contributed by atoms with Crippen molar-refractivity contribution in [3.8, 4) is 0 Å². The highest BCUT2D eigenvalue weighted by Gasteiger charge is 2.54. The zero-order chi connectivity index (χ0) is 57.3. The molecule has 3 saturated heterocycles. The SMILES string of the molecule is CCC1=C(N)c2ncn([C@@H]3OC(COP(=O)(O)OP(=O)(O)OP(=O)(O)OC[C@H]4O[C@@H]([n+]5cn(C)c6c(=O)[nH]c(N)nc65)[C@H](O)[C@@H]4COC)[C@@H](OP(=O)(O)OC[C@H]4O[C@@H](n5cnc6c(=O)[nH]c(N)nc65)[C@H](O)[C@@H]4O)[C@H]3F)c2N=CC1. The van der Waals surface area contributed by atoms with Crippen LogP contribution in [0.25, 0.3) is 28.0 Å². The molecule has 0 aromatic carbocycles. The van der Waals surface area contributed by atoms with Gasteiger partial charge in [0.1, 0.15) is 42.3 Å². The summed E-state index contributed by atoms with van der Waals surface area (Å²) in [6.45, 7) is -1.89. The van der Waals surface area contributed by atoms with Crippen LogP contribution in [-0.2, 0) is 71.0 Å². The zero-order valence-electron chi connectivity index (χ0n) is 41.1. The lowest BCUT2D eigenvalue weighted by Crippen LogP contribution is -2.45. The van der Waals surface area contributed by atoms with Crippen LogP contribution < -0.4 is 32.9 Å². The standard InChI is InChI=1S/C37H51FN14O23P4/c1-4-14-5-6-42-28-21(20(14)39)43-11-50(28)33-19(38)27(73-76(58,59)67-9-17-25(54)26(55)35(71-17)51-12-44-22-29(51)45-36(40)47-31(22)56)18(72-33)10-69-78(62,63)75-79(64,65)74-77(60,61)68-8-16-15(7-66-3)24(53)34(70-16)52-13-49(2)23-30(52)46-37(41)48-32(23)57/h6,11-13,15-19,24-27,33-35,53-55H,4-5,7-10,39H2,1-3H3,(H9-,40,41,45,46,47,48,56,57,58,59,60,61,62,63,64,65)/p+1/t15-,16-,17-,18?,19-,24-,25-,26-,27-,33-,34-,35-/m1/s1. The van der Waals surface area contributed by atoms with Crippen LogP contribution in [0.1, 0.15) is 44.1 Å². The highest BCUT2D eigenvalue weighted by molar-refractivity contribution is 7.66. The molecule has 3 fully saturated rings. The third-order valence-electron chi connectivity index (χ3n) is 12.8. The predicted molar refractivity (Wildman–Crippen MR) is 259 cm³/mol. The second-order valence-corrected chi connectivity index (χ2v) is 24.0. The van der Waals surface area contributed by atoms with Crippen molar-refractivity contribution in [2.24, 2.45) is 23.7 Å². The molecule has 0 radical (unpaired) electrons. The van der Waals surface area contributed by atoms with Crippen molar-refractivity contribution >= 4 is 83.2 Å². The summed E-state index contributed by atoms with van der Waals surface area (Å²) in [7, 11) is -20.9. The Morgan fingerprint density at radius 2 is 1.41 bits per heavy atom. The number of imidazole rings is 3. The molecule has 5 unspecified atom stereocenters. The molecule has 15 N–H and O–H groups in total. The number of halogens is 1. The Bertz CT molecular complexity index is 3520. The second-order valence-electron chi connectivity index (χ2n) is 18.0. The summed E-state index contributed by atoms with van der Waals surface area (Å²) in [6.07, 6.45) is -14.3. The summed E-state index contributed by atoms with van der Waals surface area (Å²) in [5.74, 6) is -1.72. The number of allylic oxidation sites excluding steroid dienone is 1. The molecule has 4 aliphatic heterocycles. The molecule has 5 aromatic rings. The van der Waals surface area contributed by atoms with E-state index < -0.39 is 136 Å². The van der Waals surface area contributed by atoms with E-state index in [0.29, 0.717) is 6.42 Å². The summed E-state index contributed by atoms with van der Waals surface area (Å²) in [6, 6.07) is 0. The molecule has 0 spiro atoms. The van der Waals surface area contributed by atoms with Crippen molar-refractivity contribution in [3.63, 3.8) is 0 Å². The summed E-state index contributed by atoms with van der Waals surface area (Å²) >= 11 is 0. The van der Waals surface area contributed by atoms with Gasteiger partial charge in [-0.2, -0.15) is 13.6 Å². The normalized spacial score (nSPS) is 30.4. The minimum atomic E-state index is -6.23. The molecule has 4 aliphatic rings. The van der Waals surface area contributed by atoms with Crippen LogP contribution in [0, 0.1) is 5.92 Å². The van der Waals surface area contributed by atoms with Gasteiger partial charge in [-0.25, -0.2) is 42.2 Å². The van der Waals surface area contributed by atoms with Crippen LogP contribution in [0.5, 0.6) is 0 Å². The number of hydrogen-bond donors (Lipinski definition) is 12. The van der Waals surface area contributed by atoms with Crippen LogP contribution in [0.3, 0.4) is 0 Å². The minimum Gasteiger partial charge on any atom is -0.397 e. The van der Waals surface area contributed by atoms with Crippen molar-refractivity contribution in [2.75, 3.05) is 45.0 Å². The first kappa shape index (κ1) is 58.5. The third-order valence-corrected chi connectivity index (χ3v) is 18.0. The quantitative estimate of drug-likeness (QED) is 0.0284. The molecule has 79 heavy (non-hydrogen) atoms. The van der Waals surface area contributed by atoms with Crippen LogP contribution in [0.2, 0.25) is 0 Å². The maximum absolute atomic E-state index is 16.8. The highest BCUT2D eigenvalue weighted by Crippen LogP contribution is 2.68. The number of H-pyrrole nitrogens is 2. The number of rotatable bonds is 21. The van der Waals surface area contributed by atoms with Gasteiger partial charge in [0.2, 0.25) is 17.7 Å². The Labute approximate surface area is 440 Å². The van der Waals surface area contributed by atoms with Crippen LogP contribution >= 0.6 is 31.3 Å². The number of nitrogens with one attached hydrogen (secondary N) is 2. The summed E-state index contributed by atoms with van der Waals surface area (Å²) < 4.78 is 126. The van der Waals surface area contributed by atoms with Crippen molar-refractivity contribution in [1.29, 1.82) is 0 Å². The van der Waals surface area contributed by atoms with Gasteiger partial charge in [-0.3, -0.25) is 51.4 Å². The molecule has 9 rings (SSSR count). The number of phosphoric acid groups is 4. The van der Waals surface area contributed by atoms with E-state index in [1.165, 1.54) is 35.8 Å². The van der Waals surface area contributed by atoms with Crippen molar-refractivity contribution in [3.05, 3.63) is 51.0 Å². The number of methoxy groups -OCH3 is 1. The fourth-order valence-corrected chi connectivity index (χ4v) is 13.6. The van der Waals surface area contributed by atoms with Gasteiger partial charge in [-0.1, -0.05) is 11.9 Å². The van der Waals surface area contributed by atoms with E-state index in [-0.39, 0.29) is 64.5 Å². The number of nitrogens with zero attached hydrogens (tertiary/aromatic N) is 9. The van der Waals surface area contributed by atoms with Crippen LogP contribution in [-0.4, -0.2) is 167 Å². The molecule has 37 nitrogen and oxygen atoms in total. The average Bonchev–Trinajstić information content (AvgIpc) is 4.42. The number of aliphatic hydroxyl groups excluding tert-OH is 3. The Kier molecular flexibility index (Phi) is 16.5. The molecule has 16 atom stereocenters. The number of aromatic nitrogens is 10. The number of hydrogen-bond acceptors (Lipinski definition) is 27. The van der Waals surface area contributed by atoms with Gasteiger partial charge in [0.05, 0.1) is 57.9 Å². The van der Waals surface area contributed by atoms with Gasteiger partial charge in [0.15, 0.2) is 41.9 Å². The number of fused-ring (bicyclic) bond motifs is 3. The first-order chi connectivity index (χ1) is 37.1. The molecule has 0 amide bonds. The number of aliphatic imine (C=N–C) groups is 1. The molecular weight excluding hydrogens is 1150 g/mol. The number of anilines is 2. The van der Waals surface area contributed by atoms with Gasteiger partial charge in [0, 0.05) is 25.7 Å². The van der Waals surface area contributed by atoms with Crippen molar-refractivity contribution < 1.29 is 108 Å². The molecule has 42 heteroatoms. The fraction of sp³-hybridized carbons (Fsp3) is 0.568. The number of alkyl halides is 1. The fourth-order valence-electron chi connectivity index (χ4n) is 9.17. The van der Waals surface area contributed by atoms with Gasteiger partial charge >= 0.3 is 36.9 Å². The smallest absolute Gasteiger partial charge is 0.397 e. The van der Waals surface area contributed by atoms with Crippen LogP contribution in [0.15, 0.2) is 39.1 Å². The summed E-state index contributed by atoms with van der Waals surface area (Å²) in [5.41, 5.74) is 17.0. The maximum atomic E-state index is 16.8. The van der Waals surface area contributed by atoms with E-state index in [1.54, 1.807) is 0 Å². The lowest BCUT2D eigenvalue weighted by Gasteiger charge is -2.24. The topological polar surface area (TPSA) is 529 Å². The summed E-state index contributed by atoms with van der Waals surface area (Å²) in [5, 5.41) is 33.0. The zero-order valence-corrected chi connectivity index (χ0v) is 44.6. The van der Waals surface area contributed by atoms with Crippen molar-refractivity contribution in [1.82, 2.24) is 43.6 Å². The highest BCUT2D eigenvalue weighted by atomic mass is 31.3. The van der Waals surface area contributed by atoms with E-state index in [9.17, 15) is 62.7 Å². The monoisotopic (exact) mass is 1200 g/mol. The van der Waals surface area contributed by atoms with Gasteiger partial charge in [-0.05, 0) is 12.0 Å². The van der Waals surface area contributed by atoms with E-state index >= 15 is 4.39 Å². The number of aryl methyl sites for hydroxylation is 1. The van der Waals surface area contributed by atoms with Crippen LogP contribution in [0.4, 0.5) is 22.1 Å². The van der Waals surface area contributed by atoms with Gasteiger partial charge in [0.25, 0.3) is 17.1 Å². The van der Waals surface area contributed by atoms with E-state index in [1.807, 2.05) is 6.92 Å². The Balaban J connectivity index is 0.875. The number of phosphoric ester groups is 3. The second kappa shape index (κ2) is 22.3. The first-order valence-electron chi connectivity index (χ1n) is 23.2. The maximum Gasteiger partial charge on any atom is 0.490 e. The number of nitrogens with two attached hydrogens (primary N) is 3. The minimum absolute atomic E-state index is 0.0259. The molecule has 0 saturated carbocycles. The summed E-state index contributed by atoms with van der Waals surface area (Å²) in [4.78, 5) is 92.6. The number of aromatic amines is 2. The third kappa shape index (κ3) is 12.0. The Morgan fingerprint density at radius 1 is 0.785 bits per heavy atom. The van der Waals surface area contributed by atoms with Gasteiger partial charge < -0.3 is 71.0 Å². The molecule has 5 aromatic heterocycles. The van der Waals surface area contributed by atoms with E-state index in [0.717, 1.165) is 27.4 Å². The average molecular weight is 1200 g/mol. The molecule has 434 valence electrons. The number of ether oxygens (including phenoxy) is 4. The molecule has 0 bridgehead atoms. The molecule has 0 aliphatic carbocycles. The van der Waals surface area contributed by atoms with Gasteiger partial charge in [-0.15, -0.1) is 0 Å². The first-order valence-corrected chi connectivity index (χ1v) is 29.1. The lowest BCUT2D eigenvalue weighted by atomic mass is 9.99. The van der Waals surface area contributed by atoms with E-state index in [4.69, 9.17) is 54.2 Å². The largest absolute Gasteiger partial charge is 0.490 e. The predicted octanol–water partition coefficient (Wildman–Crippen LogP) is -1.83. The van der Waals surface area contributed by atoms with Crippen molar-refractivity contribution in [2.45, 2.75) is 87.3 Å². The lowest BCUT2D eigenvalue weighted by molar-refractivity contribution is -0.745. The number of nitrogen functional groups attached to an aromatic ring is 2. The Morgan fingerprint density at radius 3 is 2.09 bits per heavy atom. The molecular formula is C37H52FN14O23P4+. The Hall–Kier alpha value is -5.11.